The van der Waals surface area contributed by atoms with E-state index >= 15 is 0 Å². The van der Waals surface area contributed by atoms with Crippen LogP contribution in [0.5, 0.6) is 11.5 Å². The fourth-order valence-corrected chi connectivity index (χ4v) is 4.34. The summed E-state index contributed by atoms with van der Waals surface area (Å²) in [6, 6.07) is 19.9. The molecule has 3 rings (SSSR count). The highest BCUT2D eigenvalue weighted by atomic mass is 79.9. The van der Waals surface area contributed by atoms with E-state index in [-0.39, 0.29) is 0 Å². The number of para-hydroxylation sites is 1. The summed E-state index contributed by atoms with van der Waals surface area (Å²) in [5.41, 5.74) is 6.13. The van der Waals surface area contributed by atoms with Gasteiger partial charge in [-0.1, -0.05) is 46.3 Å². The summed E-state index contributed by atoms with van der Waals surface area (Å²) in [7, 11) is 1.66. The molecule has 0 heterocycles. The number of hydrogen-bond acceptors (Lipinski definition) is 4. The lowest BCUT2D eigenvalue weighted by molar-refractivity contribution is 0.302. The maximum Gasteiger partial charge on any atom is 0.148 e. The van der Waals surface area contributed by atoms with Gasteiger partial charge in [-0.05, 0) is 73.3 Å². The van der Waals surface area contributed by atoms with Crippen LogP contribution in [0, 0.1) is 0 Å². The molecule has 0 aromatic heterocycles. The van der Waals surface area contributed by atoms with Crippen molar-refractivity contribution in [1.29, 1.82) is 0 Å². The van der Waals surface area contributed by atoms with Crippen molar-refractivity contribution in [3.05, 3.63) is 90.8 Å². The molecule has 0 saturated carbocycles. The lowest BCUT2D eigenvalue weighted by Crippen LogP contribution is -2.07. The van der Waals surface area contributed by atoms with Crippen molar-refractivity contribution in [2.75, 3.05) is 7.11 Å². The van der Waals surface area contributed by atoms with Crippen molar-refractivity contribution in [3.63, 3.8) is 0 Å². The summed E-state index contributed by atoms with van der Waals surface area (Å²) in [4.78, 5) is 0. The van der Waals surface area contributed by atoms with Crippen LogP contribution in [-0.2, 0) is 13.2 Å². The van der Waals surface area contributed by atoms with Crippen molar-refractivity contribution < 1.29 is 9.47 Å². The topological polar surface area (TPSA) is 42.8 Å². The van der Waals surface area contributed by atoms with Crippen LogP contribution in [0.1, 0.15) is 16.7 Å². The highest BCUT2D eigenvalue weighted by Crippen LogP contribution is 2.35. The van der Waals surface area contributed by atoms with Crippen LogP contribution in [-0.4, -0.2) is 13.3 Å². The molecule has 0 amide bonds. The zero-order valence-electron chi connectivity index (χ0n) is 15.7. The molecule has 150 valence electrons. The third kappa shape index (κ3) is 6.32. The summed E-state index contributed by atoms with van der Waals surface area (Å²) in [6.45, 7) is 1.07. The Hall–Kier alpha value is -1.83. The maximum atomic E-state index is 5.97. The van der Waals surface area contributed by atoms with E-state index in [2.05, 4.69) is 58.3 Å². The van der Waals surface area contributed by atoms with E-state index in [0.29, 0.717) is 13.2 Å². The van der Waals surface area contributed by atoms with Gasteiger partial charge in [-0.3, -0.25) is 0 Å². The molecule has 1 N–H and O–H groups in total. The van der Waals surface area contributed by atoms with E-state index in [1.54, 1.807) is 13.3 Å². The fourth-order valence-electron chi connectivity index (χ4n) is 2.63. The molecule has 0 saturated heterocycles. The molecule has 0 fully saturated rings. The minimum atomic E-state index is 0.485. The second-order valence-electron chi connectivity index (χ2n) is 6.13. The first-order valence-electron chi connectivity index (χ1n) is 8.81. The normalized spacial score (nSPS) is 10.9. The molecule has 0 aliphatic carbocycles. The Labute approximate surface area is 195 Å². The van der Waals surface area contributed by atoms with Crippen molar-refractivity contribution in [2.45, 2.75) is 13.2 Å². The van der Waals surface area contributed by atoms with E-state index < -0.39 is 0 Å². The summed E-state index contributed by atoms with van der Waals surface area (Å²) in [5.74, 6) is 1.60. The standard InChI is InChI=1S/C22H19Br3N2O2/c1-28-21-5-3-2-4-17(21)13-27-26-12-16-10-19(24)22(20(25)11-16)29-14-15-6-8-18(23)9-7-15/h2-12,27H,13-14H2,1H3/b26-12+. The maximum absolute atomic E-state index is 5.97. The Bertz CT molecular complexity index is 969. The van der Waals surface area contributed by atoms with Crippen LogP contribution >= 0.6 is 47.8 Å². The average molecular weight is 583 g/mol. The van der Waals surface area contributed by atoms with Gasteiger partial charge in [0.1, 0.15) is 18.1 Å². The average Bonchev–Trinajstić information content (AvgIpc) is 2.72. The van der Waals surface area contributed by atoms with Gasteiger partial charge in [0, 0.05) is 10.0 Å². The SMILES string of the molecule is COc1ccccc1CN/N=C/c1cc(Br)c(OCc2ccc(Br)cc2)c(Br)c1. The number of halogens is 3. The Morgan fingerprint density at radius 2 is 1.66 bits per heavy atom. The third-order valence-electron chi connectivity index (χ3n) is 4.08. The molecule has 3 aromatic rings. The lowest BCUT2D eigenvalue weighted by Gasteiger charge is -2.11. The molecule has 0 unspecified atom stereocenters. The molecule has 0 bridgehead atoms. The van der Waals surface area contributed by atoms with Crippen LogP contribution in [0.2, 0.25) is 0 Å². The number of nitrogens with zero attached hydrogens (tertiary/aromatic N) is 1. The van der Waals surface area contributed by atoms with Crippen LogP contribution in [0.25, 0.3) is 0 Å². The van der Waals surface area contributed by atoms with Gasteiger partial charge in [-0.2, -0.15) is 5.10 Å². The smallest absolute Gasteiger partial charge is 0.148 e. The number of nitrogens with one attached hydrogen (secondary N) is 1. The van der Waals surface area contributed by atoms with Crippen LogP contribution in [0.4, 0.5) is 0 Å². The Kier molecular flexibility index (Phi) is 8.15. The zero-order chi connectivity index (χ0) is 20.6. The van der Waals surface area contributed by atoms with Crippen LogP contribution in [0.3, 0.4) is 0 Å². The first-order chi connectivity index (χ1) is 14.1. The molecule has 0 aliphatic rings. The Morgan fingerprint density at radius 1 is 0.966 bits per heavy atom. The molecule has 3 aromatic carbocycles. The molecule has 29 heavy (non-hydrogen) atoms. The van der Waals surface area contributed by atoms with Crippen molar-refractivity contribution in [2.24, 2.45) is 5.10 Å². The predicted octanol–water partition coefficient (Wildman–Crippen LogP) is 6.69. The van der Waals surface area contributed by atoms with Gasteiger partial charge in [0.2, 0.25) is 0 Å². The van der Waals surface area contributed by atoms with E-state index in [1.165, 1.54) is 0 Å². The van der Waals surface area contributed by atoms with Gasteiger partial charge in [-0.15, -0.1) is 0 Å². The van der Waals surface area contributed by atoms with E-state index in [1.807, 2.05) is 60.7 Å². The number of hydrogen-bond donors (Lipinski definition) is 1. The molecule has 0 spiro atoms. The number of hydrazone groups is 1. The third-order valence-corrected chi connectivity index (χ3v) is 5.79. The fraction of sp³-hybridized carbons (Fsp3) is 0.136. The highest BCUT2D eigenvalue weighted by molar-refractivity contribution is 9.11. The second kappa shape index (κ2) is 10.8. The van der Waals surface area contributed by atoms with Crippen LogP contribution < -0.4 is 14.9 Å². The number of methoxy groups -OCH3 is 1. The minimum absolute atomic E-state index is 0.485. The molecule has 0 radical (unpaired) electrons. The van der Waals surface area contributed by atoms with Crippen molar-refractivity contribution >= 4 is 54.0 Å². The summed E-state index contributed by atoms with van der Waals surface area (Å²) >= 11 is 10.6. The van der Waals surface area contributed by atoms with Gasteiger partial charge in [0.05, 0.1) is 28.8 Å². The van der Waals surface area contributed by atoms with E-state index in [4.69, 9.17) is 9.47 Å². The van der Waals surface area contributed by atoms with Crippen LogP contribution in [0.15, 0.2) is 79.2 Å². The quantitative estimate of drug-likeness (QED) is 0.238. The lowest BCUT2D eigenvalue weighted by atomic mass is 10.2. The van der Waals surface area contributed by atoms with Gasteiger partial charge in [0.15, 0.2) is 0 Å². The minimum Gasteiger partial charge on any atom is -0.496 e. The van der Waals surface area contributed by atoms with Gasteiger partial charge < -0.3 is 14.9 Å². The molecular formula is C22H19Br3N2O2. The molecule has 0 atom stereocenters. The Morgan fingerprint density at radius 3 is 2.34 bits per heavy atom. The largest absolute Gasteiger partial charge is 0.496 e. The summed E-state index contributed by atoms with van der Waals surface area (Å²) in [6.07, 6.45) is 1.77. The highest BCUT2D eigenvalue weighted by Gasteiger charge is 2.09. The Balaban J connectivity index is 1.61. The number of benzene rings is 3. The molecule has 7 heteroatoms. The predicted molar refractivity (Wildman–Crippen MR) is 128 cm³/mol. The number of rotatable bonds is 8. The van der Waals surface area contributed by atoms with Gasteiger partial charge in [0.25, 0.3) is 0 Å². The first kappa shape index (κ1) is 21.9. The van der Waals surface area contributed by atoms with E-state index in [0.717, 1.165) is 41.6 Å². The molecule has 0 aliphatic heterocycles. The van der Waals surface area contributed by atoms with E-state index in [9.17, 15) is 0 Å². The zero-order valence-corrected chi connectivity index (χ0v) is 20.4. The summed E-state index contributed by atoms with van der Waals surface area (Å²) in [5, 5.41) is 4.31. The van der Waals surface area contributed by atoms with Gasteiger partial charge in [-0.25, -0.2) is 0 Å². The monoisotopic (exact) mass is 580 g/mol. The first-order valence-corrected chi connectivity index (χ1v) is 11.2. The van der Waals surface area contributed by atoms with Gasteiger partial charge >= 0.3 is 0 Å². The molecular weight excluding hydrogens is 564 g/mol. The van der Waals surface area contributed by atoms with Crippen molar-refractivity contribution in [1.82, 2.24) is 5.43 Å². The summed E-state index contributed by atoms with van der Waals surface area (Å²) < 4.78 is 14.1. The molecule has 4 nitrogen and oxygen atoms in total. The number of ether oxygens (including phenoxy) is 2. The van der Waals surface area contributed by atoms with Crippen molar-refractivity contribution in [3.8, 4) is 11.5 Å². The second-order valence-corrected chi connectivity index (χ2v) is 8.76.